The highest BCUT2D eigenvalue weighted by molar-refractivity contribution is 6.40. The van der Waals surface area contributed by atoms with Gasteiger partial charge in [0, 0.05) is 29.4 Å². The summed E-state index contributed by atoms with van der Waals surface area (Å²) < 4.78 is 41.8. The van der Waals surface area contributed by atoms with Crippen LogP contribution in [0.1, 0.15) is 75.1 Å². The molecule has 11 heteroatoms. The number of allylic oxidation sites excluding steroid dienone is 2. The molecule has 0 spiro atoms. The van der Waals surface area contributed by atoms with E-state index in [0.717, 1.165) is 32.4 Å². The lowest BCUT2D eigenvalue weighted by atomic mass is 9.81. The first-order valence-electron chi connectivity index (χ1n) is 13.3. The van der Waals surface area contributed by atoms with Gasteiger partial charge in [0.1, 0.15) is 0 Å². The Morgan fingerprint density at radius 1 is 1.02 bits per heavy atom. The number of ketones is 1. The third-order valence-electron chi connectivity index (χ3n) is 7.80. The van der Waals surface area contributed by atoms with E-state index in [1.807, 2.05) is 0 Å². The van der Waals surface area contributed by atoms with Crippen LogP contribution in [0.15, 0.2) is 46.6 Å². The minimum absolute atomic E-state index is 0.0107. The highest BCUT2D eigenvalue weighted by Gasteiger charge is 2.38. The molecular formula is C29H33Cl2F3N2O4. The third kappa shape index (κ3) is 7.97. The van der Waals surface area contributed by atoms with E-state index in [1.54, 1.807) is 6.07 Å². The van der Waals surface area contributed by atoms with Crippen molar-refractivity contribution in [3.63, 3.8) is 0 Å². The number of carbonyl (C=O) groups is 3. The van der Waals surface area contributed by atoms with Crippen LogP contribution in [0.25, 0.3) is 0 Å². The maximum Gasteiger partial charge on any atom is 0.413 e. The standard InChI is InChI=1S/C29H33Cl2F3N2O4/c1-17(29(32,33)34)22(15-35-18(2)19-11-13-20(14-12-19)28(39)40)27(38)36(21-7-4-3-5-8-21)16-25(37)26-23(30)9-6-10-24(26)31/h6,9-10,15,19-21H,2-5,7-8,11-14,16H2,1H3,(H,39,40)/b22-17-,35-15-. The van der Waals surface area contributed by atoms with Crippen LogP contribution in [0.2, 0.25) is 10.0 Å². The largest absolute Gasteiger partial charge is 0.481 e. The van der Waals surface area contributed by atoms with Crippen LogP contribution >= 0.6 is 23.2 Å². The van der Waals surface area contributed by atoms with E-state index in [4.69, 9.17) is 23.2 Å². The molecule has 6 nitrogen and oxygen atoms in total. The lowest BCUT2D eigenvalue weighted by molar-refractivity contribution is -0.143. The van der Waals surface area contributed by atoms with Crippen molar-refractivity contribution in [2.75, 3.05) is 6.54 Å². The van der Waals surface area contributed by atoms with E-state index in [0.29, 0.717) is 38.5 Å². The molecule has 1 N–H and O–H groups in total. The van der Waals surface area contributed by atoms with Crippen molar-refractivity contribution < 1.29 is 32.7 Å². The van der Waals surface area contributed by atoms with Gasteiger partial charge in [0.2, 0.25) is 0 Å². The average Bonchev–Trinajstić information content (AvgIpc) is 2.91. The molecule has 0 radical (unpaired) electrons. The molecule has 0 unspecified atom stereocenters. The fraction of sp³-hybridized carbons (Fsp3) is 0.517. The molecule has 0 atom stereocenters. The summed E-state index contributed by atoms with van der Waals surface area (Å²) in [5.41, 5.74) is -1.51. The van der Waals surface area contributed by atoms with Crippen molar-refractivity contribution in [1.82, 2.24) is 4.90 Å². The maximum absolute atomic E-state index is 13.9. The summed E-state index contributed by atoms with van der Waals surface area (Å²) in [6, 6.07) is 4.09. The third-order valence-corrected chi connectivity index (χ3v) is 8.43. The van der Waals surface area contributed by atoms with Gasteiger partial charge in [-0.3, -0.25) is 19.4 Å². The van der Waals surface area contributed by atoms with E-state index in [9.17, 15) is 32.7 Å². The summed E-state index contributed by atoms with van der Waals surface area (Å²) >= 11 is 12.4. The van der Waals surface area contributed by atoms with E-state index in [-0.39, 0.29) is 27.2 Å². The summed E-state index contributed by atoms with van der Waals surface area (Å²) in [5, 5.41) is 9.40. The fourth-order valence-electron chi connectivity index (χ4n) is 5.30. The fourth-order valence-corrected chi connectivity index (χ4v) is 5.91. The van der Waals surface area contributed by atoms with Crippen LogP contribution in [0.4, 0.5) is 13.2 Å². The van der Waals surface area contributed by atoms with Crippen LogP contribution in [0.5, 0.6) is 0 Å². The zero-order valence-electron chi connectivity index (χ0n) is 22.3. The minimum atomic E-state index is -4.81. The number of amides is 1. The number of Topliss-reactive ketones (excluding diaryl/α,β-unsaturated/α-hetero) is 1. The van der Waals surface area contributed by atoms with E-state index in [1.165, 1.54) is 17.0 Å². The number of hydrogen-bond donors (Lipinski definition) is 1. The summed E-state index contributed by atoms with van der Waals surface area (Å²) in [7, 11) is 0. The molecule has 2 fully saturated rings. The topological polar surface area (TPSA) is 87.0 Å². The van der Waals surface area contributed by atoms with Gasteiger partial charge in [-0.2, -0.15) is 13.2 Å². The monoisotopic (exact) mass is 600 g/mol. The number of aliphatic carboxylic acids is 1. The number of rotatable bonds is 9. The predicted octanol–water partition coefficient (Wildman–Crippen LogP) is 7.69. The SMILES string of the molecule is C=C(/N=C\C(C(=O)N(CC(=O)c1c(Cl)cccc1Cl)C1CCCCC1)=C(/C)C(F)(F)F)C1CCC(C(=O)O)CC1. The van der Waals surface area contributed by atoms with Crippen LogP contribution in [-0.2, 0) is 9.59 Å². The Hall–Kier alpha value is -2.65. The number of carboxylic acid groups (broad SMARTS) is 1. The first-order valence-corrected chi connectivity index (χ1v) is 14.1. The second-order valence-electron chi connectivity index (χ2n) is 10.4. The first kappa shape index (κ1) is 31.9. The second-order valence-corrected chi connectivity index (χ2v) is 11.2. The van der Waals surface area contributed by atoms with Crippen LogP contribution in [0, 0.1) is 11.8 Å². The second kappa shape index (κ2) is 13.8. The van der Waals surface area contributed by atoms with Crippen LogP contribution < -0.4 is 0 Å². The maximum atomic E-state index is 13.9. The number of hydrogen-bond acceptors (Lipinski definition) is 4. The van der Waals surface area contributed by atoms with E-state index >= 15 is 0 Å². The Bertz CT molecular complexity index is 1180. The zero-order chi connectivity index (χ0) is 29.6. The first-order chi connectivity index (χ1) is 18.8. The Balaban J connectivity index is 1.93. The number of carbonyl (C=O) groups excluding carboxylic acids is 2. The Morgan fingerprint density at radius 3 is 2.10 bits per heavy atom. The molecule has 1 aromatic rings. The van der Waals surface area contributed by atoms with Gasteiger partial charge in [-0.1, -0.05) is 55.1 Å². The molecular weight excluding hydrogens is 568 g/mol. The van der Waals surface area contributed by atoms with Gasteiger partial charge >= 0.3 is 12.1 Å². The normalized spacial score (nSPS) is 21.1. The van der Waals surface area contributed by atoms with Crippen molar-refractivity contribution in [3.05, 3.63) is 57.2 Å². The number of benzene rings is 1. The number of nitrogens with zero attached hydrogens (tertiary/aromatic N) is 2. The van der Waals surface area contributed by atoms with Crippen molar-refractivity contribution in [2.24, 2.45) is 16.8 Å². The number of carboxylic acids is 1. The average molecular weight is 601 g/mol. The number of halogens is 5. The van der Waals surface area contributed by atoms with Gasteiger partial charge < -0.3 is 10.0 Å². The molecule has 218 valence electrons. The highest BCUT2D eigenvalue weighted by atomic mass is 35.5. The van der Waals surface area contributed by atoms with Gasteiger partial charge in [-0.05, 0) is 57.6 Å². The highest BCUT2D eigenvalue weighted by Crippen LogP contribution is 2.35. The van der Waals surface area contributed by atoms with Crippen molar-refractivity contribution in [3.8, 4) is 0 Å². The molecule has 0 aromatic heterocycles. The Kier molecular flexibility index (Phi) is 11.0. The molecule has 1 aromatic carbocycles. The van der Waals surface area contributed by atoms with Crippen molar-refractivity contribution >= 4 is 47.1 Å². The van der Waals surface area contributed by atoms with Crippen molar-refractivity contribution in [2.45, 2.75) is 76.9 Å². The Labute approximate surface area is 241 Å². The van der Waals surface area contributed by atoms with E-state index < -0.39 is 53.5 Å². The molecule has 2 saturated carbocycles. The number of alkyl halides is 3. The van der Waals surface area contributed by atoms with Crippen LogP contribution in [0.3, 0.4) is 0 Å². The summed E-state index contributed by atoms with van der Waals surface area (Å²) in [6.07, 6.45) is 1.45. The van der Waals surface area contributed by atoms with Crippen LogP contribution in [-0.4, -0.2) is 52.6 Å². The number of aliphatic imine (C=N–C) groups is 1. The van der Waals surface area contributed by atoms with Gasteiger partial charge in [0.15, 0.2) is 5.78 Å². The predicted molar refractivity (Wildman–Crippen MR) is 149 cm³/mol. The molecule has 0 saturated heterocycles. The molecule has 0 heterocycles. The summed E-state index contributed by atoms with van der Waals surface area (Å²) in [4.78, 5) is 43.7. The molecule has 0 bridgehead atoms. The van der Waals surface area contributed by atoms with Crippen molar-refractivity contribution in [1.29, 1.82) is 0 Å². The molecule has 40 heavy (non-hydrogen) atoms. The molecule has 2 aliphatic rings. The lowest BCUT2D eigenvalue weighted by Crippen LogP contribution is -2.46. The van der Waals surface area contributed by atoms with Gasteiger partial charge in [0.05, 0.1) is 33.6 Å². The molecule has 2 aliphatic carbocycles. The zero-order valence-corrected chi connectivity index (χ0v) is 23.8. The molecule has 1 amide bonds. The quantitative estimate of drug-likeness (QED) is 0.179. The van der Waals surface area contributed by atoms with Gasteiger partial charge in [-0.25, -0.2) is 0 Å². The smallest absolute Gasteiger partial charge is 0.413 e. The minimum Gasteiger partial charge on any atom is -0.481 e. The molecule has 0 aliphatic heterocycles. The van der Waals surface area contributed by atoms with Gasteiger partial charge in [-0.15, -0.1) is 0 Å². The lowest BCUT2D eigenvalue weighted by Gasteiger charge is -2.34. The summed E-state index contributed by atoms with van der Waals surface area (Å²) in [6.45, 7) is 4.21. The molecule has 3 rings (SSSR count). The Morgan fingerprint density at radius 2 is 1.57 bits per heavy atom. The van der Waals surface area contributed by atoms with E-state index in [2.05, 4.69) is 11.6 Å². The summed E-state index contributed by atoms with van der Waals surface area (Å²) in [5.74, 6) is -3.07. The van der Waals surface area contributed by atoms with Gasteiger partial charge in [0.25, 0.3) is 5.91 Å².